The van der Waals surface area contributed by atoms with Gasteiger partial charge in [-0.25, -0.2) is 4.98 Å². The van der Waals surface area contributed by atoms with Gasteiger partial charge in [-0.05, 0) is 23.6 Å². The van der Waals surface area contributed by atoms with Crippen molar-refractivity contribution < 1.29 is 14.3 Å². The molecule has 0 radical (unpaired) electrons. The fraction of sp³-hybridized carbons (Fsp3) is 0.143. The molecule has 0 atom stereocenters. The molecule has 3 aromatic rings. The summed E-state index contributed by atoms with van der Waals surface area (Å²) in [4.78, 5) is 15.7. The number of nitrogens with zero attached hydrogens (tertiary/aromatic N) is 3. The minimum Gasteiger partial charge on any atom is -0.504 e. The molecule has 0 aliphatic rings. The molecule has 3 rings (SSSR count). The first-order valence-electron chi connectivity index (χ1n) is 6.51. The summed E-state index contributed by atoms with van der Waals surface area (Å²) in [6.07, 6.45) is 1.96. The molecular weight excluding hydrogens is 304 g/mol. The fourth-order valence-corrected chi connectivity index (χ4v) is 2.40. The van der Waals surface area contributed by atoms with Crippen molar-refractivity contribution in [2.24, 2.45) is 0 Å². The number of nitrogens with one attached hydrogen (secondary N) is 1. The molecule has 2 N–H and O–H groups in total. The minimum absolute atomic E-state index is 0.0756. The standard InChI is InChI=1S/C14H12N4O3S/c19-10-2-1-6-15-13(10)16-11(20)3-4-12-17-18-14(21-12)9-5-7-22-8-9/h1-2,5-8,19H,3-4H2,(H,15,16,20). The highest BCUT2D eigenvalue weighted by Crippen LogP contribution is 2.21. The third kappa shape index (κ3) is 3.29. The van der Waals surface area contributed by atoms with Crippen molar-refractivity contribution in [3.05, 3.63) is 41.0 Å². The zero-order chi connectivity index (χ0) is 15.4. The number of hydrogen-bond donors (Lipinski definition) is 2. The van der Waals surface area contributed by atoms with Gasteiger partial charge in [-0.15, -0.1) is 10.2 Å². The maximum absolute atomic E-state index is 11.8. The third-order valence-electron chi connectivity index (χ3n) is 2.85. The van der Waals surface area contributed by atoms with Crippen molar-refractivity contribution in [2.75, 3.05) is 5.32 Å². The molecule has 1 amide bonds. The predicted molar refractivity (Wildman–Crippen MR) is 80.5 cm³/mol. The molecule has 0 saturated carbocycles. The van der Waals surface area contributed by atoms with E-state index in [0.717, 1.165) is 5.56 Å². The van der Waals surface area contributed by atoms with E-state index in [-0.39, 0.29) is 23.9 Å². The molecule has 22 heavy (non-hydrogen) atoms. The Morgan fingerprint density at radius 3 is 3.05 bits per heavy atom. The highest BCUT2D eigenvalue weighted by molar-refractivity contribution is 7.08. The van der Waals surface area contributed by atoms with Gasteiger partial charge in [-0.1, -0.05) is 0 Å². The van der Waals surface area contributed by atoms with Crippen LogP contribution in [0.5, 0.6) is 5.75 Å². The lowest BCUT2D eigenvalue weighted by molar-refractivity contribution is -0.116. The van der Waals surface area contributed by atoms with E-state index in [0.29, 0.717) is 18.2 Å². The van der Waals surface area contributed by atoms with Gasteiger partial charge in [0.25, 0.3) is 0 Å². The van der Waals surface area contributed by atoms with E-state index in [9.17, 15) is 9.90 Å². The normalized spacial score (nSPS) is 10.5. The summed E-state index contributed by atoms with van der Waals surface area (Å²) in [7, 11) is 0. The molecule has 0 fully saturated rings. The number of amides is 1. The highest BCUT2D eigenvalue weighted by Gasteiger charge is 2.12. The molecule has 7 nitrogen and oxygen atoms in total. The van der Waals surface area contributed by atoms with E-state index in [1.54, 1.807) is 17.4 Å². The number of rotatable bonds is 5. The van der Waals surface area contributed by atoms with Gasteiger partial charge in [-0.3, -0.25) is 4.79 Å². The van der Waals surface area contributed by atoms with E-state index in [1.165, 1.54) is 12.3 Å². The lowest BCUT2D eigenvalue weighted by Crippen LogP contribution is -2.13. The molecule has 0 aliphatic heterocycles. The van der Waals surface area contributed by atoms with Gasteiger partial charge in [-0.2, -0.15) is 11.3 Å². The van der Waals surface area contributed by atoms with Crippen LogP contribution in [0.15, 0.2) is 39.6 Å². The van der Waals surface area contributed by atoms with Crippen molar-refractivity contribution in [3.63, 3.8) is 0 Å². The number of anilines is 1. The number of pyridine rings is 1. The van der Waals surface area contributed by atoms with Gasteiger partial charge < -0.3 is 14.8 Å². The van der Waals surface area contributed by atoms with Crippen molar-refractivity contribution in [1.82, 2.24) is 15.2 Å². The third-order valence-corrected chi connectivity index (χ3v) is 3.53. The largest absolute Gasteiger partial charge is 0.504 e. The van der Waals surface area contributed by atoms with Crippen LogP contribution in [0.1, 0.15) is 12.3 Å². The number of aromatic nitrogens is 3. The van der Waals surface area contributed by atoms with Crippen LogP contribution in [-0.2, 0) is 11.2 Å². The van der Waals surface area contributed by atoms with E-state index in [1.807, 2.05) is 16.8 Å². The highest BCUT2D eigenvalue weighted by atomic mass is 32.1. The van der Waals surface area contributed by atoms with Gasteiger partial charge in [0.2, 0.25) is 17.7 Å². The second-order valence-electron chi connectivity index (χ2n) is 4.43. The van der Waals surface area contributed by atoms with Crippen LogP contribution in [0.4, 0.5) is 5.82 Å². The Kier molecular flexibility index (Phi) is 4.10. The van der Waals surface area contributed by atoms with Crippen molar-refractivity contribution in [3.8, 4) is 17.2 Å². The molecule has 0 aliphatic carbocycles. The number of carbonyl (C=O) groups is 1. The lowest BCUT2D eigenvalue weighted by atomic mass is 10.3. The number of thiophene rings is 1. The summed E-state index contributed by atoms with van der Waals surface area (Å²) in [5.74, 6) is 0.607. The Hall–Kier alpha value is -2.74. The second-order valence-corrected chi connectivity index (χ2v) is 5.21. The maximum atomic E-state index is 11.8. The average Bonchev–Trinajstić information content (AvgIpc) is 3.18. The summed E-state index contributed by atoms with van der Waals surface area (Å²) in [5.41, 5.74) is 0.867. The Morgan fingerprint density at radius 2 is 2.27 bits per heavy atom. The van der Waals surface area contributed by atoms with Gasteiger partial charge in [0.05, 0.1) is 0 Å². The van der Waals surface area contributed by atoms with Gasteiger partial charge in [0.1, 0.15) is 0 Å². The van der Waals surface area contributed by atoms with Gasteiger partial charge in [0, 0.05) is 30.0 Å². The van der Waals surface area contributed by atoms with Crippen molar-refractivity contribution >= 4 is 23.1 Å². The molecule has 3 heterocycles. The molecule has 3 aromatic heterocycles. The second kappa shape index (κ2) is 6.35. The summed E-state index contributed by atoms with van der Waals surface area (Å²) in [6, 6.07) is 4.92. The molecular formula is C14H12N4O3S. The fourth-order valence-electron chi connectivity index (χ4n) is 1.77. The lowest BCUT2D eigenvalue weighted by Gasteiger charge is -2.04. The molecule has 0 bridgehead atoms. The Bertz CT molecular complexity index is 770. The number of hydrogen-bond acceptors (Lipinski definition) is 7. The van der Waals surface area contributed by atoms with Gasteiger partial charge >= 0.3 is 0 Å². The monoisotopic (exact) mass is 316 g/mol. The Morgan fingerprint density at radius 1 is 1.36 bits per heavy atom. The maximum Gasteiger partial charge on any atom is 0.248 e. The van der Waals surface area contributed by atoms with Crippen LogP contribution in [0, 0.1) is 0 Å². The summed E-state index contributed by atoms with van der Waals surface area (Å²) in [6.45, 7) is 0. The van der Waals surface area contributed by atoms with Gasteiger partial charge in [0.15, 0.2) is 11.6 Å². The summed E-state index contributed by atoms with van der Waals surface area (Å²) >= 11 is 1.54. The predicted octanol–water partition coefficient (Wildman–Crippen LogP) is 2.47. The molecule has 0 unspecified atom stereocenters. The van der Waals surface area contributed by atoms with Crippen LogP contribution < -0.4 is 5.32 Å². The molecule has 0 saturated heterocycles. The summed E-state index contributed by atoms with van der Waals surface area (Å²) in [5, 5.41) is 23.7. The molecule has 0 spiro atoms. The van der Waals surface area contributed by atoms with E-state index in [4.69, 9.17) is 4.42 Å². The Balaban J connectivity index is 1.56. The topological polar surface area (TPSA) is 101 Å². The van der Waals surface area contributed by atoms with Crippen LogP contribution in [-0.4, -0.2) is 26.2 Å². The first-order valence-corrected chi connectivity index (χ1v) is 7.45. The zero-order valence-electron chi connectivity index (χ0n) is 11.4. The van der Waals surface area contributed by atoms with Crippen molar-refractivity contribution in [2.45, 2.75) is 12.8 Å². The molecule has 112 valence electrons. The van der Waals surface area contributed by atoms with E-state index >= 15 is 0 Å². The van der Waals surface area contributed by atoms with Crippen LogP contribution in [0.2, 0.25) is 0 Å². The Labute approximate surface area is 129 Å². The summed E-state index contributed by atoms with van der Waals surface area (Å²) < 4.78 is 5.49. The van der Waals surface area contributed by atoms with Crippen LogP contribution >= 0.6 is 11.3 Å². The SMILES string of the molecule is O=C(CCc1nnc(-c2ccsc2)o1)Nc1ncccc1O. The first kappa shape index (κ1) is 14.2. The number of aromatic hydroxyl groups is 1. The molecule has 0 aromatic carbocycles. The van der Waals surface area contributed by atoms with Crippen LogP contribution in [0.25, 0.3) is 11.5 Å². The first-order chi connectivity index (χ1) is 10.7. The average molecular weight is 316 g/mol. The quantitative estimate of drug-likeness (QED) is 0.750. The van der Waals surface area contributed by atoms with Crippen LogP contribution in [0.3, 0.4) is 0 Å². The number of aryl methyl sites for hydroxylation is 1. The smallest absolute Gasteiger partial charge is 0.248 e. The molecule has 8 heteroatoms. The van der Waals surface area contributed by atoms with Crippen molar-refractivity contribution in [1.29, 1.82) is 0 Å². The van der Waals surface area contributed by atoms with E-state index < -0.39 is 0 Å². The minimum atomic E-state index is -0.288. The van der Waals surface area contributed by atoms with E-state index in [2.05, 4.69) is 20.5 Å². The zero-order valence-corrected chi connectivity index (χ0v) is 12.2. The number of carbonyl (C=O) groups excluding carboxylic acids is 1.